The Morgan fingerprint density at radius 1 is 1.38 bits per heavy atom. The predicted molar refractivity (Wildman–Crippen MR) is 51.3 cm³/mol. The minimum Gasteiger partial charge on any atom is -0.386 e. The van der Waals surface area contributed by atoms with E-state index in [0.717, 1.165) is 6.07 Å². The first-order valence-corrected chi connectivity index (χ1v) is 4.63. The van der Waals surface area contributed by atoms with Crippen LogP contribution in [0.2, 0.25) is 0 Å². The summed E-state index contributed by atoms with van der Waals surface area (Å²) in [6, 6.07) is 3.68. The number of aliphatic hydroxyl groups is 1. The van der Waals surface area contributed by atoms with Crippen LogP contribution in [-0.2, 0) is 6.54 Å². The fraction of sp³-hybridized carbons (Fsp3) is 0.200. The van der Waals surface area contributed by atoms with Crippen LogP contribution in [0.4, 0.5) is 8.78 Å². The summed E-state index contributed by atoms with van der Waals surface area (Å²) in [5.74, 6) is -2.01. The first-order chi connectivity index (χ1) is 7.68. The number of rotatable bonds is 3. The molecular formula is C10H9F2N3O. The largest absolute Gasteiger partial charge is 0.386 e. The van der Waals surface area contributed by atoms with Gasteiger partial charge in [0.2, 0.25) is 0 Å². The molecule has 4 nitrogen and oxygen atoms in total. The second-order valence-corrected chi connectivity index (χ2v) is 3.28. The van der Waals surface area contributed by atoms with E-state index in [4.69, 9.17) is 0 Å². The maximum atomic E-state index is 13.3. The van der Waals surface area contributed by atoms with E-state index in [2.05, 4.69) is 10.1 Å². The van der Waals surface area contributed by atoms with Gasteiger partial charge >= 0.3 is 0 Å². The number of nitrogens with zero attached hydrogens (tertiary/aromatic N) is 3. The normalized spacial score (nSPS) is 12.7. The van der Waals surface area contributed by atoms with E-state index in [0.29, 0.717) is 0 Å². The van der Waals surface area contributed by atoms with Gasteiger partial charge in [0.15, 0.2) is 11.6 Å². The molecule has 0 radical (unpaired) electrons. The maximum Gasteiger partial charge on any atom is 0.164 e. The van der Waals surface area contributed by atoms with Crippen molar-refractivity contribution < 1.29 is 13.9 Å². The Hall–Kier alpha value is -1.82. The molecule has 2 rings (SSSR count). The molecule has 0 fully saturated rings. The SMILES string of the molecule is OC(Cn1cncn1)c1cccc(F)c1F. The molecule has 16 heavy (non-hydrogen) atoms. The summed E-state index contributed by atoms with van der Waals surface area (Å²) < 4.78 is 27.5. The summed E-state index contributed by atoms with van der Waals surface area (Å²) in [5.41, 5.74) is -0.0875. The van der Waals surface area contributed by atoms with Crippen molar-refractivity contribution in [3.8, 4) is 0 Å². The van der Waals surface area contributed by atoms with Crippen molar-refractivity contribution in [1.82, 2.24) is 14.8 Å². The topological polar surface area (TPSA) is 50.9 Å². The first-order valence-electron chi connectivity index (χ1n) is 4.63. The smallest absolute Gasteiger partial charge is 0.164 e. The summed E-state index contributed by atoms with van der Waals surface area (Å²) >= 11 is 0. The number of halogens is 2. The second-order valence-electron chi connectivity index (χ2n) is 3.28. The Balaban J connectivity index is 2.21. The standard InChI is InChI=1S/C10H9F2N3O/c11-8-3-1-2-7(10(8)12)9(16)4-15-6-13-5-14-15/h1-3,5-6,9,16H,4H2. The third kappa shape index (κ3) is 2.06. The van der Waals surface area contributed by atoms with Gasteiger partial charge in [-0.15, -0.1) is 0 Å². The molecule has 2 aromatic rings. The molecule has 0 aliphatic rings. The molecule has 0 aliphatic carbocycles. The zero-order valence-corrected chi connectivity index (χ0v) is 8.22. The van der Waals surface area contributed by atoms with Crippen LogP contribution in [0.1, 0.15) is 11.7 Å². The highest BCUT2D eigenvalue weighted by Crippen LogP contribution is 2.20. The molecule has 1 atom stereocenters. The highest BCUT2D eigenvalue weighted by molar-refractivity contribution is 5.21. The molecule has 0 saturated heterocycles. The van der Waals surface area contributed by atoms with Gasteiger partial charge in [-0.2, -0.15) is 5.10 Å². The highest BCUT2D eigenvalue weighted by atomic mass is 19.2. The zero-order valence-electron chi connectivity index (χ0n) is 8.22. The fourth-order valence-electron chi connectivity index (χ4n) is 1.38. The van der Waals surface area contributed by atoms with Gasteiger partial charge < -0.3 is 5.11 Å². The lowest BCUT2D eigenvalue weighted by molar-refractivity contribution is 0.146. The molecule has 1 heterocycles. The Labute approximate surface area is 90.2 Å². The van der Waals surface area contributed by atoms with E-state index in [1.807, 2.05) is 0 Å². The number of aromatic nitrogens is 3. The lowest BCUT2D eigenvalue weighted by atomic mass is 10.1. The Morgan fingerprint density at radius 2 is 2.19 bits per heavy atom. The molecule has 0 spiro atoms. The van der Waals surface area contributed by atoms with Crippen LogP contribution in [0.3, 0.4) is 0 Å². The fourth-order valence-corrected chi connectivity index (χ4v) is 1.38. The van der Waals surface area contributed by atoms with E-state index >= 15 is 0 Å². The van der Waals surface area contributed by atoms with Crippen molar-refractivity contribution >= 4 is 0 Å². The van der Waals surface area contributed by atoms with Gasteiger partial charge in [-0.3, -0.25) is 4.68 Å². The molecule has 1 unspecified atom stereocenters. The van der Waals surface area contributed by atoms with Crippen LogP contribution in [0, 0.1) is 11.6 Å². The maximum absolute atomic E-state index is 13.3. The Morgan fingerprint density at radius 3 is 2.88 bits per heavy atom. The second kappa shape index (κ2) is 4.36. The molecule has 0 bridgehead atoms. The molecule has 6 heteroatoms. The summed E-state index contributed by atoms with van der Waals surface area (Å²) in [6.45, 7) is 0.0281. The lowest BCUT2D eigenvalue weighted by Gasteiger charge is -2.11. The minimum absolute atomic E-state index is 0.0281. The van der Waals surface area contributed by atoms with Crippen molar-refractivity contribution in [2.45, 2.75) is 12.6 Å². The number of benzene rings is 1. The third-order valence-corrected chi connectivity index (χ3v) is 2.17. The van der Waals surface area contributed by atoms with Gasteiger partial charge in [0, 0.05) is 5.56 Å². The van der Waals surface area contributed by atoms with Crippen LogP contribution < -0.4 is 0 Å². The number of hydrogen-bond donors (Lipinski definition) is 1. The molecular weight excluding hydrogens is 216 g/mol. The molecule has 1 aromatic heterocycles. The number of hydrogen-bond acceptors (Lipinski definition) is 3. The van der Waals surface area contributed by atoms with E-state index in [-0.39, 0.29) is 12.1 Å². The van der Waals surface area contributed by atoms with Crippen molar-refractivity contribution in [2.24, 2.45) is 0 Å². The van der Waals surface area contributed by atoms with Crippen LogP contribution in [0.5, 0.6) is 0 Å². The van der Waals surface area contributed by atoms with Crippen molar-refractivity contribution in [1.29, 1.82) is 0 Å². The molecule has 0 amide bonds. The summed E-state index contributed by atoms with van der Waals surface area (Å²) in [6.07, 6.45) is 1.53. The van der Waals surface area contributed by atoms with Crippen LogP contribution >= 0.6 is 0 Å². The first kappa shape index (κ1) is 10.7. The van der Waals surface area contributed by atoms with Gasteiger partial charge in [0.05, 0.1) is 6.54 Å². The van der Waals surface area contributed by atoms with E-state index in [1.54, 1.807) is 0 Å². The quantitative estimate of drug-likeness (QED) is 0.856. The van der Waals surface area contributed by atoms with E-state index in [9.17, 15) is 13.9 Å². The van der Waals surface area contributed by atoms with E-state index < -0.39 is 17.7 Å². The van der Waals surface area contributed by atoms with Gasteiger partial charge in [-0.25, -0.2) is 13.8 Å². The van der Waals surface area contributed by atoms with Crippen LogP contribution in [0.15, 0.2) is 30.9 Å². The Bertz CT molecular complexity index is 473. The lowest BCUT2D eigenvalue weighted by Crippen LogP contribution is -2.11. The summed E-state index contributed by atoms with van der Waals surface area (Å²) in [7, 11) is 0. The molecule has 1 aromatic carbocycles. The van der Waals surface area contributed by atoms with Crippen LogP contribution in [-0.4, -0.2) is 19.9 Å². The van der Waals surface area contributed by atoms with Gasteiger partial charge in [-0.05, 0) is 6.07 Å². The van der Waals surface area contributed by atoms with Crippen molar-refractivity contribution in [3.63, 3.8) is 0 Å². The molecule has 84 valence electrons. The van der Waals surface area contributed by atoms with E-state index in [1.165, 1.54) is 29.5 Å². The van der Waals surface area contributed by atoms with Gasteiger partial charge in [0.25, 0.3) is 0 Å². The van der Waals surface area contributed by atoms with Crippen molar-refractivity contribution in [2.75, 3.05) is 0 Å². The molecule has 0 saturated carbocycles. The summed E-state index contributed by atoms with van der Waals surface area (Å²) in [4.78, 5) is 3.68. The predicted octanol–water partition coefficient (Wildman–Crippen LogP) is 1.29. The number of aliphatic hydroxyl groups excluding tert-OH is 1. The van der Waals surface area contributed by atoms with Gasteiger partial charge in [0.1, 0.15) is 18.8 Å². The monoisotopic (exact) mass is 225 g/mol. The van der Waals surface area contributed by atoms with Gasteiger partial charge in [-0.1, -0.05) is 12.1 Å². The zero-order chi connectivity index (χ0) is 11.5. The molecule has 0 aliphatic heterocycles. The van der Waals surface area contributed by atoms with Crippen LogP contribution in [0.25, 0.3) is 0 Å². The van der Waals surface area contributed by atoms with Crippen molar-refractivity contribution in [3.05, 3.63) is 48.1 Å². The average molecular weight is 225 g/mol. The average Bonchev–Trinajstić information content (AvgIpc) is 2.74. The molecule has 1 N–H and O–H groups in total. The Kier molecular flexibility index (Phi) is 2.91. The minimum atomic E-state index is -1.16. The highest BCUT2D eigenvalue weighted by Gasteiger charge is 2.16. The third-order valence-electron chi connectivity index (χ3n) is 2.17. The summed E-state index contributed by atoms with van der Waals surface area (Å²) in [5, 5.41) is 13.5.